The summed E-state index contributed by atoms with van der Waals surface area (Å²) < 4.78 is 6.41. The third-order valence-electron chi connectivity index (χ3n) is 2.72. The van der Waals surface area contributed by atoms with E-state index in [2.05, 4.69) is 21.2 Å². The summed E-state index contributed by atoms with van der Waals surface area (Å²) >= 11 is 15.7. The van der Waals surface area contributed by atoms with Crippen LogP contribution in [0.15, 0.2) is 40.9 Å². The Bertz CT molecular complexity index is 604. The van der Waals surface area contributed by atoms with Gasteiger partial charge in [-0.2, -0.15) is 0 Å². The fourth-order valence-corrected chi connectivity index (χ4v) is 2.59. The molecule has 0 fully saturated rings. The van der Waals surface area contributed by atoms with Crippen molar-refractivity contribution in [2.75, 3.05) is 11.9 Å². The van der Waals surface area contributed by atoms with Crippen molar-refractivity contribution in [3.63, 3.8) is 0 Å². The predicted octanol–water partition coefficient (Wildman–Crippen LogP) is 5.77. The standard InChI is InChI=1S/C15H14BrCl2NO/c1-2-20-15-6-4-12(8-14(15)18)19-9-10-7-11(16)3-5-13(10)17/h3-8,19H,2,9H2,1H3. The van der Waals surface area contributed by atoms with Crippen LogP contribution in [0.2, 0.25) is 10.0 Å². The van der Waals surface area contributed by atoms with Crippen molar-refractivity contribution < 1.29 is 4.74 Å². The Morgan fingerprint density at radius 1 is 1.10 bits per heavy atom. The number of nitrogens with one attached hydrogen (secondary N) is 1. The van der Waals surface area contributed by atoms with Gasteiger partial charge in [-0.3, -0.25) is 0 Å². The minimum absolute atomic E-state index is 0.595. The summed E-state index contributed by atoms with van der Waals surface area (Å²) in [5.74, 6) is 0.695. The SMILES string of the molecule is CCOc1ccc(NCc2cc(Br)ccc2Cl)cc1Cl. The molecule has 2 aromatic carbocycles. The second-order valence-corrected chi connectivity index (χ2v) is 5.90. The summed E-state index contributed by atoms with van der Waals surface area (Å²) in [5, 5.41) is 4.62. The summed E-state index contributed by atoms with van der Waals surface area (Å²) in [6, 6.07) is 11.4. The number of hydrogen-bond acceptors (Lipinski definition) is 2. The Kier molecular flexibility index (Phi) is 5.58. The van der Waals surface area contributed by atoms with Crippen LogP contribution in [-0.2, 0) is 6.54 Å². The smallest absolute Gasteiger partial charge is 0.138 e. The maximum absolute atomic E-state index is 6.15. The van der Waals surface area contributed by atoms with Crippen LogP contribution in [0.25, 0.3) is 0 Å². The van der Waals surface area contributed by atoms with Crippen LogP contribution >= 0.6 is 39.1 Å². The Morgan fingerprint density at radius 3 is 2.60 bits per heavy atom. The molecule has 0 saturated heterocycles. The zero-order chi connectivity index (χ0) is 14.5. The molecule has 0 spiro atoms. The molecule has 0 bridgehead atoms. The maximum atomic E-state index is 6.15. The van der Waals surface area contributed by atoms with E-state index in [0.717, 1.165) is 20.7 Å². The second-order valence-electron chi connectivity index (χ2n) is 4.17. The molecule has 1 N–H and O–H groups in total. The molecular weight excluding hydrogens is 361 g/mol. The summed E-state index contributed by atoms with van der Waals surface area (Å²) in [6.07, 6.45) is 0. The van der Waals surface area contributed by atoms with E-state index in [1.54, 1.807) is 0 Å². The van der Waals surface area contributed by atoms with E-state index in [9.17, 15) is 0 Å². The first-order valence-electron chi connectivity index (χ1n) is 6.20. The van der Waals surface area contributed by atoms with E-state index >= 15 is 0 Å². The molecule has 0 aromatic heterocycles. The summed E-state index contributed by atoms with van der Waals surface area (Å²) in [4.78, 5) is 0. The van der Waals surface area contributed by atoms with Gasteiger partial charge < -0.3 is 10.1 Å². The lowest BCUT2D eigenvalue weighted by atomic mass is 10.2. The highest BCUT2D eigenvalue weighted by Gasteiger charge is 2.04. The van der Waals surface area contributed by atoms with Gasteiger partial charge in [0.2, 0.25) is 0 Å². The molecule has 5 heteroatoms. The largest absolute Gasteiger partial charge is 0.492 e. The summed E-state index contributed by atoms with van der Waals surface area (Å²) in [7, 11) is 0. The third-order valence-corrected chi connectivity index (χ3v) is 3.88. The maximum Gasteiger partial charge on any atom is 0.138 e. The molecule has 106 valence electrons. The van der Waals surface area contributed by atoms with Gasteiger partial charge in [0.1, 0.15) is 5.75 Å². The van der Waals surface area contributed by atoms with E-state index in [1.807, 2.05) is 43.3 Å². The van der Waals surface area contributed by atoms with Gasteiger partial charge in [-0.1, -0.05) is 39.1 Å². The molecule has 0 saturated carbocycles. The molecule has 2 nitrogen and oxygen atoms in total. The molecular formula is C15H14BrCl2NO. The Balaban J connectivity index is 2.07. The van der Waals surface area contributed by atoms with Gasteiger partial charge in [0, 0.05) is 21.7 Å². The van der Waals surface area contributed by atoms with Crippen molar-refractivity contribution in [3.8, 4) is 5.75 Å². The van der Waals surface area contributed by atoms with Crippen LogP contribution in [0.3, 0.4) is 0 Å². The highest BCUT2D eigenvalue weighted by molar-refractivity contribution is 9.10. The molecule has 0 aliphatic carbocycles. The van der Waals surface area contributed by atoms with Crippen LogP contribution in [0.4, 0.5) is 5.69 Å². The number of rotatable bonds is 5. The molecule has 0 heterocycles. The lowest BCUT2D eigenvalue weighted by molar-refractivity contribution is 0.340. The number of halogens is 3. The minimum atomic E-state index is 0.595. The lowest BCUT2D eigenvalue weighted by Gasteiger charge is -2.11. The molecule has 0 atom stereocenters. The summed E-state index contributed by atoms with van der Waals surface area (Å²) in [5.41, 5.74) is 1.94. The van der Waals surface area contributed by atoms with Crippen molar-refractivity contribution in [2.45, 2.75) is 13.5 Å². The molecule has 2 aromatic rings. The monoisotopic (exact) mass is 373 g/mol. The molecule has 0 amide bonds. The molecule has 20 heavy (non-hydrogen) atoms. The van der Waals surface area contributed by atoms with Crippen molar-refractivity contribution in [1.82, 2.24) is 0 Å². The van der Waals surface area contributed by atoms with Crippen LogP contribution in [0.5, 0.6) is 5.75 Å². The van der Waals surface area contributed by atoms with E-state index < -0.39 is 0 Å². The van der Waals surface area contributed by atoms with Crippen LogP contribution in [-0.4, -0.2) is 6.61 Å². The van der Waals surface area contributed by atoms with Gasteiger partial charge in [0.05, 0.1) is 11.6 Å². The molecule has 0 aliphatic rings. The zero-order valence-corrected chi connectivity index (χ0v) is 14.0. The van der Waals surface area contributed by atoms with Crippen LogP contribution in [0, 0.1) is 0 Å². The van der Waals surface area contributed by atoms with Crippen LogP contribution < -0.4 is 10.1 Å². The second kappa shape index (κ2) is 7.21. The van der Waals surface area contributed by atoms with Crippen LogP contribution in [0.1, 0.15) is 12.5 Å². The van der Waals surface area contributed by atoms with E-state index in [1.165, 1.54) is 0 Å². The quantitative estimate of drug-likeness (QED) is 0.717. The zero-order valence-electron chi connectivity index (χ0n) is 10.9. The van der Waals surface area contributed by atoms with E-state index in [4.69, 9.17) is 27.9 Å². The van der Waals surface area contributed by atoms with Crippen molar-refractivity contribution >= 4 is 44.8 Å². The van der Waals surface area contributed by atoms with Gasteiger partial charge in [-0.05, 0) is 48.9 Å². The van der Waals surface area contributed by atoms with Crippen molar-refractivity contribution in [3.05, 3.63) is 56.5 Å². The van der Waals surface area contributed by atoms with Gasteiger partial charge in [-0.25, -0.2) is 0 Å². The number of anilines is 1. The van der Waals surface area contributed by atoms with Gasteiger partial charge in [-0.15, -0.1) is 0 Å². The number of benzene rings is 2. The lowest BCUT2D eigenvalue weighted by Crippen LogP contribution is -2.00. The first-order valence-corrected chi connectivity index (χ1v) is 7.75. The van der Waals surface area contributed by atoms with Gasteiger partial charge >= 0.3 is 0 Å². The van der Waals surface area contributed by atoms with Gasteiger partial charge in [0.25, 0.3) is 0 Å². The molecule has 0 aliphatic heterocycles. The Hall–Kier alpha value is -0.900. The third kappa shape index (κ3) is 4.05. The fraction of sp³-hybridized carbons (Fsp3) is 0.200. The Morgan fingerprint density at radius 2 is 1.90 bits per heavy atom. The minimum Gasteiger partial charge on any atom is -0.492 e. The highest BCUT2D eigenvalue weighted by atomic mass is 79.9. The number of ether oxygens (including phenoxy) is 1. The highest BCUT2D eigenvalue weighted by Crippen LogP contribution is 2.28. The van der Waals surface area contributed by atoms with Crippen molar-refractivity contribution in [2.24, 2.45) is 0 Å². The molecule has 2 rings (SSSR count). The predicted molar refractivity (Wildman–Crippen MR) is 89.1 cm³/mol. The first-order chi connectivity index (χ1) is 9.60. The average molecular weight is 375 g/mol. The normalized spacial score (nSPS) is 10.4. The molecule has 0 unspecified atom stereocenters. The Labute approximate surface area is 137 Å². The topological polar surface area (TPSA) is 21.3 Å². The molecule has 0 radical (unpaired) electrons. The van der Waals surface area contributed by atoms with E-state index in [0.29, 0.717) is 23.9 Å². The summed E-state index contributed by atoms with van der Waals surface area (Å²) in [6.45, 7) is 3.15. The fourth-order valence-electron chi connectivity index (χ4n) is 1.76. The first kappa shape index (κ1) is 15.5. The average Bonchev–Trinajstić information content (AvgIpc) is 2.43. The number of hydrogen-bond donors (Lipinski definition) is 1. The van der Waals surface area contributed by atoms with Crippen molar-refractivity contribution in [1.29, 1.82) is 0 Å². The van der Waals surface area contributed by atoms with E-state index in [-0.39, 0.29) is 0 Å². The van der Waals surface area contributed by atoms with Gasteiger partial charge in [0.15, 0.2) is 0 Å².